The number of thiophene rings is 1. The second-order valence-electron chi connectivity index (χ2n) is 5.46. The molecule has 1 aliphatic rings. The van der Waals surface area contributed by atoms with E-state index in [0.29, 0.717) is 17.2 Å². The zero-order valence-electron chi connectivity index (χ0n) is 12.6. The first-order valence-corrected chi connectivity index (χ1v) is 9.50. The molecule has 0 aromatic carbocycles. The van der Waals surface area contributed by atoms with Crippen LogP contribution in [0.1, 0.15) is 38.0 Å². The van der Waals surface area contributed by atoms with E-state index in [4.69, 9.17) is 0 Å². The van der Waals surface area contributed by atoms with Crippen molar-refractivity contribution in [3.05, 3.63) is 17.0 Å². The van der Waals surface area contributed by atoms with Gasteiger partial charge in [0.05, 0.1) is 0 Å². The van der Waals surface area contributed by atoms with Crippen molar-refractivity contribution in [1.29, 1.82) is 0 Å². The van der Waals surface area contributed by atoms with E-state index in [0.717, 1.165) is 17.7 Å². The van der Waals surface area contributed by atoms with Crippen LogP contribution < -0.4 is 5.32 Å². The normalized spacial score (nSPS) is 21.4. The largest absolute Gasteiger partial charge is 0.352 e. The lowest BCUT2D eigenvalue weighted by atomic mass is 10.2. The van der Waals surface area contributed by atoms with Crippen molar-refractivity contribution in [2.45, 2.75) is 56.3 Å². The average molecular weight is 330 g/mol. The van der Waals surface area contributed by atoms with E-state index in [2.05, 4.69) is 5.32 Å². The van der Waals surface area contributed by atoms with E-state index in [-0.39, 0.29) is 11.9 Å². The number of carbonyl (C=O) groups excluding carboxylic acids is 1. The van der Waals surface area contributed by atoms with Crippen LogP contribution in [0.15, 0.2) is 16.3 Å². The molecule has 0 bridgehead atoms. The minimum Gasteiger partial charge on any atom is -0.352 e. The maximum Gasteiger partial charge on any atom is 0.253 e. The molecule has 1 saturated heterocycles. The van der Waals surface area contributed by atoms with Crippen LogP contribution in [-0.2, 0) is 14.8 Å². The van der Waals surface area contributed by atoms with E-state index >= 15 is 0 Å². The molecule has 5 nitrogen and oxygen atoms in total. The minimum atomic E-state index is -3.56. The summed E-state index contributed by atoms with van der Waals surface area (Å²) in [6.07, 6.45) is 2.14. The van der Waals surface area contributed by atoms with E-state index < -0.39 is 16.1 Å². The average Bonchev–Trinajstić information content (AvgIpc) is 3.07. The Morgan fingerprint density at radius 1 is 1.52 bits per heavy atom. The van der Waals surface area contributed by atoms with Gasteiger partial charge in [0.1, 0.15) is 10.3 Å². The first kappa shape index (κ1) is 16.5. The van der Waals surface area contributed by atoms with Crippen LogP contribution in [0.3, 0.4) is 0 Å². The minimum absolute atomic E-state index is 0.0617. The second-order valence-corrected chi connectivity index (χ2v) is 8.86. The zero-order valence-corrected chi connectivity index (χ0v) is 14.3. The molecular formula is C14H22N2O3S2. The molecule has 2 rings (SSSR count). The highest BCUT2D eigenvalue weighted by atomic mass is 32.2. The Morgan fingerprint density at radius 2 is 2.24 bits per heavy atom. The standard InChI is InChI=1S/C14H22N2O3S2/c1-4-10(2)15-14(17)12-6-5-9-16(12)21(18,19)13-8-7-11(3)20-13/h7-8,10,12H,4-6,9H2,1-3H3,(H,15,17). The van der Waals surface area contributed by atoms with Gasteiger partial charge in [-0.15, -0.1) is 11.3 Å². The molecule has 7 heteroatoms. The smallest absolute Gasteiger partial charge is 0.253 e. The Labute approximate surface area is 130 Å². The SMILES string of the molecule is CCC(C)NC(=O)C1CCCN1S(=O)(=O)c1ccc(C)s1. The van der Waals surface area contributed by atoms with Crippen molar-refractivity contribution in [1.82, 2.24) is 9.62 Å². The van der Waals surface area contributed by atoms with Gasteiger partial charge in [0.15, 0.2) is 0 Å². The van der Waals surface area contributed by atoms with E-state index in [1.54, 1.807) is 12.1 Å². The highest BCUT2D eigenvalue weighted by molar-refractivity contribution is 7.91. The molecule has 0 spiro atoms. The fourth-order valence-electron chi connectivity index (χ4n) is 2.40. The summed E-state index contributed by atoms with van der Waals surface area (Å²) in [5, 5.41) is 2.89. The molecule has 21 heavy (non-hydrogen) atoms. The Bertz CT molecular complexity index is 609. The topological polar surface area (TPSA) is 66.5 Å². The van der Waals surface area contributed by atoms with Gasteiger partial charge in [0, 0.05) is 17.5 Å². The van der Waals surface area contributed by atoms with Crippen LogP contribution in [-0.4, -0.2) is 37.3 Å². The van der Waals surface area contributed by atoms with Gasteiger partial charge in [-0.3, -0.25) is 4.79 Å². The Kier molecular flexibility index (Phi) is 5.06. The molecule has 0 aliphatic carbocycles. The van der Waals surface area contributed by atoms with Crippen molar-refractivity contribution in [3.8, 4) is 0 Å². The summed E-state index contributed by atoms with van der Waals surface area (Å²) in [6, 6.07) is 2.90. The predicted molar refractivity (Wildman–Crippen MR) is 83.9 cm³/mol. The molecule has 2 atom stereocenters. The maximum absolute atomic E-state index is 12.7. The molecule has 118 valence electrons. The molecule has 0 saturated carbocycles. The third-order valence-electron chi connectivity index (χ3n) is 3.79. The molecule has 0 radical (unpaired) electrons. The van der Waals surface area contributed by atoms with Crippen LogP contribution in [0, 0.1) is 6.92 Å². The second kappa shape index (κ2) is 6.46. The summed E-state index contributed by atoms with van der Waals surface area (Å²) < 4.78 is 27.0. The maximum atomic E-state index is 12.7. The van der Waals surface area contributed by atoms with Crippen molar-refractivity contribution in [2.24, 2.45) is 0 Å². The van der Waals surface area contributed by atoms with Gasteiger partial charge in [0.2, 0.25) is 5.91 Å². The van der Waals surface area contributed by atoms with E-state index in [9.17, 15) is 13.2 Å². The molecule has 2 heterocycles. The lowest BCUT2D eigenvalue weighted by Gasteiger charge is -2.24. The molecule has 1 amide bonds. The lowest BCUT2D eigenvalue weighted by molar-refractivity contribution is -0.124. The van der Waals surface area contributed by atoms with Gasteiger partial charge in [0.25, 0.3) is 10.0 Å². The molecule has 1 aromatic rings. The third kappa shape index (κ3) is 3.46. The molecule has 2 unspecified atom stereocenters. The van der Waals surface area contributed by atoms with Gasteiger partial charge in [-0.2, -0.15) is 4.31 Å². The summed E-state index contributed by atoms with van der Waals surface area (Å²) in [7, 11) is -3.56. The zero-order chi connectivity index (χ0) is 15.6. The molecular weight excluding hydrogens is 308 g/mol. The van der Waals surface area contributed by atoms with Crippen molar-refractivity contribution >= 4 is 27.3 Å². The monoisotopic (exact) mass is 330 g/mol. The number of carbonyl (C=O) groups is 1. The quantitative estimate of drug-likeness (QED) is 0.899. The summed E-state index contributed by atoms with van der Waals surface area (Å²) in [4.78, 5) is 13.2. The lowest BCUT2D eigenvalue weighted by Crippen LogP contribution is -2.47. The van der Waals surface area contributed by atoms with Gasteiger partial charge < -0.3 is 5.32 Å². The van der Waals surface area contributed by atoms with E-state index in [1.165, 1.54) is 15.6 Å². The van der Waals surface area contributed by atoms with Gasteiger partial charge in [-0.05, 0) is 45.2 Å². The predicted octanol–water partition coefficient (Wildman–Crippen LogP) is 2.12. The van der Waals surface area contributed by atoms with Gasteiger partial charge in [-0.25, -0.2) is 8.42 Å². The van der Waals surface area contributed by atoms with E-state index in [1.807, 2.05) is 20.8 Å². The van der Waals surface area contributed by atoms with Crippen molar-refractivity contribution in [3.63, 3.8) is 0 Å². The highest BCUT2D eigenvalue weighted by Crippen LogP contribution is 2.30. The Morgan fingerprint density at radius 3 is 2.81 bits per heavy atom. The number of amides is 1. The molecule has 1 aliphatic heterocycles. The van der Waals surface area contributed by atoms with Gasteiger partial charge >= 0.3 is 0 Å². The first-order chi connectivity index (χ1) is 9.86. The number of hydrogen-bond donors (Lipinski definition) is 1. The number of sulfonamides is 1. The van der Waals surface area contributed by atoms with Crippen LogP contribution in [0.25, 0.3) is 0 Å². The number of aryl methyl sites for hydroxylation is 1. The van der Waals surface area contributed by atoms with Crippen LogP contribution in [0.5, 0.6) is 0 Å². The number of nitrogens with zero attached hydrogens (tertiary/aromatic N) is 1. The van der Waals surface area contributed by atoms with Crippen molar-refractivity contribution in [2.75, 3.05) is 6.54 Å². The third-order valence-corrected chi connectivity index (χ3v) is 7.16. The Hall–Kier alpha value is -0.920. The molecule has 1 fully saturated rings. The number of hydrogen-bond acceptors (Lipinski definition) is 4. The first-order valence-electron chi connectivity index (χ1n) is 7.25. The molecule has 1 aromatic heterocycles. The summed E-state index contributed by atoms with van der Waals surface area (Å²) in [5.41, 5.74) is 0. The number of rotatable bonds is 5. The Balaban J connectivity index is 2.20. The highest BCUT2D eigenvalue weighted by Gasteiger charge is 2.40. The van der Waals surface area contributed by atoms with Crippen molar-refractivity contribution < 1.29 is 13.2 Å². The summed E-state index contributed by atoms with van der Waals surface area (Å²) >= 11 is 1.25. The van der Waals surface area contributed by atoms with Crippen LogP contribution in [0.2, 0.25) is 0 Å². The fourth-order valence-corrected chi connectivity index (χ4v) is 5.47. The van der Waals surface area contributed by atoms with Crippen LogP contribution >= 0.6 is 11.3 Å². The fraction of sp³-hybridized carbons (Fsp3) is 0.643. The van der Waals surface area contributed by atoms with Gasteiger partial charge in [-0.1, -0.05) is 6.92 Å². The summed E-state index contributed by atoms with van der Waals surface area (Å²) in [6.45, 7) is 6.20. The number of nitrogens with one attached hydrogen (secondary N) is 1. The summed E-state index contributed by atoms with van der Waals surface area (Å²) in [5.74, 6) is -0.182. The van der Waals surface area contributed by atoms with Crippen LogP contribution in [0.4, 0.5) is 0 Å². The molecule has 1 N–H and O–H groups in total.